The topological polar surface area (TPSA) is 170 Å². The van der Waals surface area contributed by atoms with Gasteiger partial charge in [0.2, 0.25) is 34.8 Å². The molecule has 31 heavy (non-hydrogen) atoms. The van der Waals surface area contributed by atoms with E-state index >= 15 is 0 Å². The number of nitro groups is 2. The molecule has 0 aliphatic heterocycles. The van der Waals surface area contributed by atoms with Gasteiger partial charge in [0, 0.05) is 0 Å². The van der Waals surface area contributed by atoms with Crippen LogP contribution in [-0.4, -0.2) is 32.0 Å². The van der Waals surface area contributed by atoms with Gasteiger partial charge in [-0.05, 0) is 0 Å². The summed E-state index contributed by atoms with van der Waals surface area (Å²) in [6, 6.07) is 0. The van der Waals surface area contributed by atoms with E-state index in [0.717, 1.165) is 0 Å². The van der Waals surface area contributed by atoms with Crippen molar-refractivity contribution in [1.29, 1.82) is 0 Å². The Hall–Kier alpha value is -4.44. The molecule has 0 heterocycles. The molecule has 2 rings (SSSR count). The Bertz CT molecular complexity index is 1110. The number of carbonyl (C=O) groups is 2. The van der Waals surface area contributed by atoms with Crippen LogP contribution in [0.1, 0.15) is 20.7 Å². The highest BCUT2D eigenvalue weighted by atomic mass is 19.2. The van der Waals surface area contributed by atoms with Gasteiger partial charge in [-0.3, -0.25) is 20.2 Å². The molecule has 0 saturated heterocycles. The van der Waals surface area contributed by atoms with Crippen molar-refractivity contribution in [3.05, 3.63) is 66.3 Å². The second-order valence-electron chi connectivity index (χ2n) is 5.22. The van der Waals surface area contributed by atoms with Crippen molar-refractivity contribution in [2.75, 3.05) is 0 Å². The van der Waals surface area contributed by atoms with E-state index in [-0.39, 0.29) is 0 Å². The fourth-order valence-corrected chi connectivity index (χ4v) is 2.27. The molecule has 0 fully saturated rings. The number of halogens is 6. The van der Waals surface area contributed by atoms with Crippen molar-refractivity contribution in [3.8, 4) is 11.5 Å². The minimum atomic E-state index is -2.70. The Morgan fingerprint density at radius 1 is 0.645 bits per heavy atom. The van der Waals surface area contributed by atoms with Crippen LogP contribution in [0.15, 0.2) is 0 Å². The zero-order chi connectivity index (χ0) is 23.9. The van der Waals surface area contributed by atoms with E-state index in [4.69, 9.17) is 10.2 Å². The molecule has 0 aliphatic rings. The Kier molecular flexibility index (Phi) is 5.72. The molecule has 0 atom stereocenters. The molecule has 0 radical (unpaired) electrons. The van der Waals surface area contributed by atoms with Gasteiger partial charge in [0.1, 0.15) is 0 Å². The summed E-state index contributed by atoms with van der Waals surface area (Å²) in [6.07, 6.45) is 0. The minimum absolute atomic E-state index is 1.84. The average Bonchev–Trinajstić information content (AvgIpc) is 2.65. The molecule has 2 N–H and O–H groups in total. The molecule has 0 bridgehead atoms. The standard InChI is InChI=1S/C14H2F6N2O9/c15-3-1(13(23)24)9(21(27)28)5(17)7(19)11(3)31-12-4(16)2(14(25)26)10(22(29)30)6(18)8(12)20/h(H,23,24)(H,25,26). The lowest BCUT2D eigenvalue weighted by Crippen LogP contribution is -2.14. The van der Waals surface area contributed by atoms with Crippen molar-refractivity contribution in [2.45, 2.75) is 0 Å². The lowest BCUT2D eigenvalue weighted by Gasteiger charge is -2.13. The highest BCUT2D eigenvalue weighted by Crippen LogP contribution is 2.42. The first-order valence-corrected chi connectivity index (χ1v) is 7.08. The maximum absolute atomic E-state index is 14.3. The molecule has 11 nitrogen and oxygen atoms in total. The second kappa shape index (κ2) is 7.76. The molecule has 0 spiro atoms. The predicted molar refractivity (Wildman–Crippen MR) is 79.9 cm³/mol. The van der Waals surface area contributed by atoms with Crippen LogP contribution >= 0.6 is 0 Å². The summed E-state index contributed by atoms with van der Waals surface area (Å²) >= 11 is 0. The monoisotopic (exact) mass is 456 g/mol. The third kappa shape index (κ3) is 3.51. The molecule has 2 aromatic carbocycles. The molecule has 0 aliphatic carbocycles. The number of nitro benzene ring substituents is 2. The number of nitrogens with zero attached hydrogens (tertiary/aromatic N) is 2. The lowest BCUT2D eigenvalue weighted by atomic mass is 10.1. The van der Waals surface area contributed by atoms with Crippen molar-refractivity contribution < 1.29 is 60.7 Å². The van der Waals surface area contributed by atoms with E-state index in [2.05, 4.69) is 4.74 Å². The molecule has 17 heteroatoms. The van der Waals surface area contributed by atoms with Gasteiger partial charge < -0.3 is 14.9 Å². The molecular weight excluding hydrogens is 454 g/mol. The summed E-state index contributed by atoms with van der Waals surface area (Å²) in [5.74, 6) is -25.7. The molecule has 0 amide bonds. The third-order valence-electron chi connectivity index (χ3n) is 3.51. The number of aromatic carboxylic acids is 2. The second-order valence-corrected chi connectivity index (χ2v) is 5.22. The van der Waals surface area contributed by atoms with Crippen LogP contribution in [0.4, 0.5) is 37.7 Å². The van der Waals surface area contributed by atoms with E-state index in [9.17, 15) is 56.2 Å². The van der Waals surface area contributed by atoms with Crippen LogP contribution in [0.25, 0.3) is 0 Å². The highest BCUT2D eigenvalue weighted by molar-refractivity contribution is 5.94. The normalized spacial score (nSPS) is 10.6. The van der Waals surface area contributed by atoms with Gasteiger partial charge in [-0.2, -0.15) is 17.6 Å². The Balaban J connectivity index is 2.93. The first-order valence-electron chi connectivity index (χ1n) is 7.08. The van der Waals surface area contributed by atoms with Crippen LogP contribution < -0.4 is 4.74 Å². The summed E-state index contributed by atoms with van der Waals surface area (Å²) in [7, 11) is 0. The lowest BCUT2D eigenvalue weighted by molar-refractivity contribution is -0.388. The number of carboxylic acid groups (broad SMARTS) is 2. The molecule has 164 valence electrons. The Labute approximate surface area is 163 Å². The van der Waals surface area contributed by atoms with Gasteiger partial charge in [0.25, 0.3) is 0 Å². The number of hydrogen-bond donors (Lipinski definition) is 2. The van der Waals surface area contributed by atoms with Gasteiger partial charge in [0.05, 0.1) is 9.85 Å². The van der Waals surface area contributed by atoms with Gasteiger partial charge in [-0.1, -0.05) is 0 Å². The van der Waals surface area contributed by atoms with E-state index in [1.54, 1.807) is 0 Å². The molecule has 0 saturated carbocycles. The Morgan fingerprint density at radius 3 is 1.16 bits per heavy atom. The van der Waals surface area contributed by atoms with E-state index < -0.39 is 90.7 Å². The maximum Gasteiger partial charge on any atom is 0.346 e. The zero-order valence-corrected chi connectivity index (χ0v) is 13.9. The first-order chi connectivity index (χ1) is 14.2. The number of benzene rings is 2. The van der Waals surface area contributed by atoms with Crippen LogP contribution in [0.5, 0.6) is 11.5 Å². The van der Waals surface area contributed by atoms with Crippen molar-refractivity contribution >= 4 is 23.3 Å². The van der Waals surface area contributed by atoms with Crippen LogP contribution in [-0.2, 0) is 0 Å². The van der Waals surface area contributed by atoms with Crippen molar-refractivity contribution in [2.24, 2.45) is 0 Å². The van der Waals surface area contributed by atoms with Crippen molar-refractivity contribution in [3.63, 3.8) is 0 Å². The van der Waals surface area contributed by atoms with Crippen LogP contribution in [0.3, 0.4) is 0 Å². The predicted octanol–water partition coefficient (Wildman–Crippen LogP) is 3.53. The number of rotatable bonds is 6. The molecular formula is C14H2F6N2O9. The molecule has 0 unspecified atom stereocenters. The first kappa shape index (κ1) is 22.8. The maximum atomic E-state index is 14.3. The average molecular weight is 456 g/mol. The number of hydrogen-bond acceptors (Lipinski definition) is 7. The fraction of sp³-hybridized carbons (Fsp3) is 0. The summed E-state index contributed by atoms with van der Waals surface area (Å²) in [5, 5.41) is 39.1. The summed E-state index contributed by atoms with van der Waals surface area (Å²) in [5.41, 5.74) is -8.81. The molecule has 0 aromatic heterocycles. The molecule has 2 aromatic rings. The van der Waals surface area contributed by atoms with E-state index in [1.807, 2.05) is 0 Å². The minimum Gasteiger partial charge on any atom is -0.477 e. The SMILES string of the molecule is O=C(O)c1c(F)c(Oc2c(F)c(F)c([N+](=O)[O-])c(C(=O)O)c2F)c(F)c(F)c1[N+](=O)[O-]. The van der Waals surface area contributed by atoms with Gasteiger partial charge in [-0.25, -0.2) is 18.4 Å². The number of ether oxygens (including phenoxy) is 1. The zero-order valence-electron chi connectivity index (χ0n) is 13.9. The fourth-order valence-electron chi connectivity index (χ4n) is 2.27. The van der Waals surface area contributed by atoms with Crippen LogP contribution in [0, 0.1) is 55.1 Å². The quantitative estimate of drug-likeness (QED) is 0.286. The summed E-state index contributed by atoms with van der Waals surface area (Å²) in [6.45, 7) is 0. The van der Waals surface area contributed by atoms with E-state index in [0.29, 0.717) is 0 Å². The van der Waals surface area contributed by atoms with Gasteiger partial charge in [0.15, 0.2) is 22.8 Å². The summed E-state index contributed by atoms with van der Waals surface area (Å²) < 4.78 is 88.5. The Morgan fingerprint density at radius 2 is 0.935 bits per heavy atom. The summed E-state index contributed by atoms with van der Waals surface area (Å²) in [4.78, 5) is 39.8. The number of carboxylic acids is 2. The van der Waals surface area contributed by atoms with Crippen LogP contribution in [0.2, 0.25) is 0 Å². The van der Waals surface area contributed by atoms with E-state index in [1.165, 1.54) is 0 Å². The van der Waals surface area contributed by atoms with Crippen molar-refractivity contribution in [1.82, 2.24) is 0 Å². The highest BCUT2D eigenvalue weighted by Gasteiger charge is 2.41. The van der Waals surface area contributed by atoms with Gasteiger partial charge >= 0.3 is 23.3 Å². The smallest absolute Gasteiger partial charge is 0.346 e. The van der Waals surface area contributed by atoms with Gasteiger partial charge in [-0.15, -0.1) is 0 Å². The third-order valence-corrected chi connectivity index (χ3v) is 3.51. The largest absolute Gasteiger partial charge is 0.477 e.